The van der Waals surface area contributed by atoms with Crippen LogP contribution in [-0.2, 0) is 17.8 Å². The predicted octanol–water partition coefficient (Wildman–Crippen LogP) is 3.96. The lowest BCUT2D eigenvalue weighted by Gasteiger charge is -2.21. The molecule has 28 heavy (non-hydrogen) atoms. The molecule has 5 heteroatoms. The number of nitrogens with zero attached hydrogens (tertiary/aromatic N) is 4. The summed E-state index contributed by atoms with van der Waals surface area (Å²) in [6.45, 7) is 5.78. The summed E-state index contributed by atoms with van der Waals surface area (Å²) in [5.41, 5.74) is 6.42. The second-order valence-corrected chi connectivity index (χ2v) is 7.49. The van der Waals surface area contributed by atoms with Crippen LogP contribution in [0.5, 0.6) is 0 Å². The molecule has 0 N–H and O–H groups in total. The average molecular weight is 372 g/mol. The van der Waals surface area contributed by atoms with Gasteiger partial charge in [-0.2, -0.15) is 0 Å². The summed E-state index contributed by atoms with van der Waals surface area (Å²) in [7, 11) is 0. The number of pyridine rings is 3. The van der Waals surface area contributed by atoms with E-state index < -0.39 is 0 Å². The van der Waals surface area contributed by atoms with Gasteiger partial charge in [0.25, 0.3) is 0 Å². The summed E-state index contributed by atoms with van der Waals surface area (Å²) < 4.78 is 0. The molecule has 0 fully saturated rings. The Balaban J connectivity index is 1.54. The topological polar surface area (TPSA) is 59.0 Å². The fourth-order valence-corrected chi connectivity index (χ4v) is 3.78. The van der Waals surface area contributed by atoms with E-state index in [1.165, 1.54) is 5.56 Å². The zero-order valence-corrected chi connectivity index (χ0v) is 16.2. The molecule has 0 saturated carbocycles. The Morgan fingerprint density at radius 1 is 1.11 bits per heavy atom. The van der Waals surface area contributed by atoms with Crippen molar-refractivity contribution >= 4 is 6.29 Å². The first-order valence-corrected chi connectivity index (χ1v) is 9.69. The molecule has 1 atom stereocenters. The van der Waals surface area contributed by atoms with E-state index in [0.29, 0.717) is 12.5 Å². The molecule has 4 heterocycles. The maximum Gasteiger partial charge on any atom is 0.141 e. The fourth-order valence-electron chi connectivity index (χ4n) is 3.78. The second-order valence-electron chi connectivity index (χ2n) is 7.49. The molecule has 0 aliphatic carbocycles. The lowest BCUT2D eigenvalue weighted by atomic mass is 9.97. The molecule has 0 bridgehead atoms. The first-order valence-electron chi connectivity index (χ1n) is 9.69. The third-order valence-electron chi connectivity index (χ3n) is 5.40. The van der Waals surface area contributed by atoms with Crippen LogP contribution in [0, 0.1) is 0 Å². The van der Waals surface area contributed by atoms with E-state index in [4.69, 9.17) is 0 Å². The minimum absolute atomic E-state index is 0.276. The molecule has 1 unspecified atom stereocenters. The highest BCUT2D eigenvalue weighted by atomic mass is 16.1. The number of hydrogen-bond acceptors (Lipinski definition) is 5. The van der Waals surface area contributed by atoms with Crippen molar-refractivity contribution in [3.05, 3.63) is 77.6 Å². The van der Waals surface area contributed by atoms with Crippen molar-refractivity contribution in [1.82, 2.24) is 19.9 Å². The van der Waals surface area contributed by atoms with Gasteiger partial charge in [0.2, 0.25) is 0 Å². The first kappa shape index (κ1) is 18.4. The van der Waals surface area contributed by atoms with Crippen molar-refractivity contribution in [2.75, 3.05) is 6.54 Å². The van der Waals surface area contributed by atoms with E-state index in [1.54, 1.807) is 12.4 Å². The summed E-state index contributed by atoms with van der Waals surface area (Å²) in [4.78, 5) is 27.4. The Morgan fingerprint density at radius 2 is 1.93 bits per heavy atom. The van der Waals surface area contributed by atoms with Crippen LogP contribution < -0.4 is 0 Å². The molecular formula is C23H24N4O. The van der Waals surface area contributed by atoms with Crippen LogP contribution in [0.4, 0.5) is 0 Å². The SMILES string of the molecule is CC(C)c1ccc(CCN2Cc3nccc(-c4ccncc4)c3C2C=O)nc1. The van der Waals surface area contributed by atoms with Crippen molar-refractivity contribution in [1.29, 1.82) is 0 Å². The van der Waals surface area contributed by atoms with Gasteiger partial charge in [-0.3, -0.25) is 19.9 Å². The number of aldehydes is 1. The number of carbonyl (C=O) groups is 1. The molecule has 0 saturated heterocycles. The van der Waals surface area contributed by atoms with Crippen molar-refractivity contribution in [3.63, 3.8) is 0 Å². The van der Waals surface area contributed by atoms with Crippen LogP contribution in [0.15, 0.2) is 55.1 Å². The molecule has 0 spiro atoms. The van der Waals surface area contributed by atoms with Crippen LogP contribution in [0.2, 0.25) is 0 Å². The lowest BCUT2D eigenvalue weighted by Crippen LogP contribution is -2.26. The average Bonchev–Trinajstić information content (AvgIpc) is 3.10. The Morgan fingerprint density at radius 3 is 2.61 bits per heavy atom. The van der Waals surface area contributed by atoms with Gasteiger partial charge >= 0.3 is 0 Å². The number of aromatic nitrogens is 3. The van der Waals surface area contributed by atoms with E-state index in [2.05, 4.69) is 45.8 Å². The standard InChI is InChI=1S/C23H24N4O/c1-16(2)18-3-4-19(26-13-18)8-12-27-14-21-23(22(27)15-28)20(7-11-25-21)17-5-9-24-10-6-17/h3-7,9-11,13,15-16,22H,8,12,14H2,1-2H3. The zero-order valence-electron chi connectivity index (χ0n) is 16.2. The highest BCUT2D eigenvalue weighted by Crippen LogP contribution is 2.38. The first-order chi connectivity index (χ1) is 13.7. The van der Waals surface area contributed by atoms with Gasteiger partial charge in [-0.25, -0.2) is 0 Å². The third kappa shape index (κ3) is 3.58. The van der Waals surface area contributed by atoms with Gasteiger partial charge in [-0.05, 0) is 46.9 Å². The summed E-state index contributed by atoms with van der Waals surface area (Å²) in [5, 5.41) is 0. The van der Waals surface area contributed by atoms with Gasteiger partial charge in [-0.1, -0.05) is 19.9 Å². The molecule has 0 amide bonds. The normalized spacial score (nSPS) is 16.3. The summed E-state index contributed by atoms with van der Waals surface area (Å²) in [6, 6.07) is 9.89. The zero-order chi connectivity index (χ0) is 19.5. The van der Waals surface area contributed by atoms with Gasteiger partial charge in [0, 0.05) is 55.6 Å². The van der Waals surface area contributed by atoms with Crippen LogP contribution in [0.1, 0.15) is 48.3 Å². The van der Waals surface area contributed by atoms with E-state index in [0.717, 1.165) is 47.3 Å². The number of carbonyl (C=O) groups excluding carboxylic acids is 1. The summed E-state index contributed by atoms with van der Waals surface area (Å²) in [5.74, 6) is 0.478. The van der Waals surface area contributed by atoms with Gasteiger partial charge < -0.3 is 4.79 Å². The van der Waals surface area contributed by atoms with Crippen LogP contribution in [-0.4, -0.2) is 32.7 Å². The molecule has 0 radical (unpaired) electrons. The molecule has 0 aromatic carbocycles. The van der Waals surface area contributed by atoms with E-state index in [1.807, 2.05) is 30.6 Å². The lowest BCUT2D eigenvalue weighted by molar-refractivity contribution is -0.112. The van der Waals surface area contributed by atoms with Crippen molar-refractivity contribution in [3.8, 4) is 11.1 Å². The van der Waals surface area contributed by atoms with Crippen molar-refractivity contribution in [2.45, 2.75) is 38.8 Å². The predicted molar refractivity (Wildman–Crippen MR) is 109 cm³/mol. The summed E-state index contributed by atoms with van der Waals surface area (Å²) in [6.07, 6.45) is 9.18. The van der Waals surface area contributed by atoms with E-state index in [-0.39, 0.29) is 6.04 Å². The third-order valence-corrected chi connectivity index (χ3v) is 5.40. The number of fused-ring (bicyclic) bond motifs is 1. The number of hydrogen-bond donors (Lipinski definition) is 0. The highest BCUT2D eigenvalue weighted by Gasteiger charge is 2.33. The van der Waals surface area contributed by atoms with Gasteiger partial charge in [-0.15, -0.1) is 0 Å². The van der Waals surface area contributed by atoms with E-state index >= 15 is 0 Å². The van der Waals surface area contributed by atoms with Gasteiger partial charge in [0.05, 0.1) is 11.7 Å². The van der Waals surface area contributed by atoms with E-state index in [9.17, 15) is 4.79 Å². The Kier molecular flexibility index (Phi) is 5.26. The molecular weight excluding hydrogens is 348 g/mol. The van der Waals surface area contributed by atoms with Crippen LogP contribution in [0.3, 0.4) is 0 Å². The highest BCUT2D eigenvalue weighted by molar-refractivity contribution is 5.75. The molecule has 4 rings (SSSR count). The Bertz CT molecular complexity index is 954. The maximum atomic E-state index is 12.0. The quantitative estimate of drug-likeness (QED) is 0.613. The van der Waals surface area contributed by atoms with Crippen molar-refractivity contribution < 1.29 is 4.79 Å². The maximum absolute atomic E-state index is 12.0. The Hall–Kier alpha value is -2.92. The smallest absolute Gasteiger partial charge is 0.141 e. The summed E-state index contributed by atoms with van der Waals surface area (Å²) >= 11 is 0. The van der Waals surface area contributed by atoms with Crippen LogP contribution in [0.25, 0.3) is 11.1 Å². The molecule has 142 valence electrons. The largest absolute Gasteiger partial charge is 0.301 e. The minimum Gasteiger partial charge on any atom is -0.301 e. The number of rotatable bonds is 6. The molecule has 1 aliphatic heterocycles. The fraction of sp³-hybridized carbons (Fsp3) is 0.304. The molecule has 1 aliphatic rings. The van der Waals surface area contributed by atoms with Crippen LogP contribution >= 0.6 is 0 Å². The second kappa shape index (κ2) is 7.98. The van der Waals surface area contributed by atoms with Gasteiger partial charge in [0.15, 0.2) is 0 Å². The van der Waals surface area contributed by atoms with Gasteiger partial charge in [0.1, 0.15) is 6.29 Å². The minimum atomic E-state index is -0.276. The Labute approximate surface area is 165 Å². The molecule has 3 aromatic heterocycles. The molecule has 5 nitrogen and oxygen atoms in total. The van der Waals surface area contributed by atoms with Crippen molar-refractivity contribution in [2.24, 2.45) is 0 Å². The molecule has 3 aromatic rings. The monoisotopic (exact) mass is 372 g/mol.